The first kappa shape index (κ1) is 20.3. The summed E-state index contributed by atoms with van der Waals surface area (Å²) >= 11 is 0. The molecule has 2 N–H and O–H groups in total. The van der Waals surface area contributed by atoms with Crippen molar-refractivity contribution >= 4 is 24.0 Å². The lowest BCUT2D eigenvalue weighted by molar-refractivity contribution is -0.120. The van der Waals surface area contributed by atoms with E-state index >= 15 is 0 Å². The third kappa shape index (κ3) is 5.48. The molecule has 1 heterocycles. The Morgan fingerprint density at radius 1 is 1.23 bits per heavy atom. The number of hydrogen-bond donors (Lipinski definition) is 2. The topological polar surface area (TPSA) is 50.4 Å². The van der Waals surface area contributed by atoms with Crippen molar-refractivity contribution in [1.82, 2.24) is 5.32 Å². The third-order valence-electron chi connectivity index (χ3n) is 4.70. The zero-order chi connectivity index (χ0) is 17.6. The average Bonchev–Trinajstić information content (AvgIpc) is 2.63. The van der Waals surface area contributed by atoms with Crippen LogP contribution in [0.15, 0.2) is 48.5 Å². The number of anilines is 1. The lowest BCUT2D eigenvalue weighted by atomic mass is 9.92. The van der Waals surface area contributed by atoms with Crippen LogP contribution in [-0.2, 0) is 11.4 Å². The summed E-state index contributed by atoms with van der Waals surface area (Å²) in [6.45, 7) is 5.57. The fraction of sp³-hybridized carbons (Fsp3) is 0.381. The van der Waals surface area contributed by atoms with Crippen molar-refractivity contribution in [2.24, 2.45) is 5.92 Å². The number of amides is 1. The molecule has 1 fully saturated rings. The van der Waals surface area contributed by atoms with Crippen molar-refractivity contribution in [3.63, 3.8) is 0 Å². The molecule has 2 aromatic carbocycles. The number of rotatable bonds is 5. The van der Waals surface area contributed by atoms with Crippen LogP contribution in [0.1, 0.15) is 30.9 Å². The molecule has 0 aromatic heterocycles. The van der Waals surface area contributed by atoms with Crippen LogP contribution in [0.3, 0.4) is 0 Å². The molecule has 0 saturated carbocycles. The molecule has 3 rings (SSSR count). The SMILES string of the molecule is Cc1cc(OCc2ccccc2)ccc1NC(=O)[C@H]1CCN[C@@H](C)C1.Cl. The second-order valence-electron chi connectivity index (χ2n) is 6.82. The number of ether oxygens (including phenoxy) is 1. The lowest BCUT2D eigenvalue weighted by Gasteiger charge is -2.27. The predicted molar refractivity (Wildman–Crippen MR) is 108 cm³/mol. The van der Waals surface area contributed by atoms with Crippen LogP contribution in [0.5, 0.6) is 5.75 Å². The van der Waals surface area contributed by atoms with Gasteiger partial charge in [0, 0.05) is 17.6 Å². The maximum Gasteiger partial charge on any atom is 0.227 e. The first-order chi connectivity index (χ1) is 12.1. The van der Waals surface area contributed by atoms with Crippen LogP contribution in [-0.4, -0.2) is 18.5 Å². The maximum atomic E-state index is 12.5. The van der Waals surface area contributed by atoms with Crippen molar-refractivity contribution in [3.8, 4) is 5.75 Å². The number of piperidine rings is 1. The van der Waals surface area contributed by atoms with E-state index in [1.165, 1.54) is 0 Å². The molecular formula is C21H27ClN2O2. The number of benzene rings is 2. The Balaban J connectivity index is 0.00000243. The molecule has 26 heavy (non-hydrogen) atoms. The van der Waals surface area contributed by atoms with E-state index in [1.54, 1.807) is 0 Å². The van der Waals surface area contributed by atoms with E-state index in [0.717, 1.165) is 42.0 Å². The zero-order valence-corrected chi connectivity index (χ0v) is 16.1. The first-order valence-corrected chi connectivity index (χ1v) is 8.93. The highest BCUT2D eigenvalue weighted by Gasteiger charge is 2.24. The van der Waals surface area contributed by atoms with Gasteiger partial charge >= 0.3 is 0 Å². The number of hydrogen-bond acceptors (Lipinski definition) is 3. The maximum absolute atomic E-state index is 12.5. The van der Waals surface area contributed by atoms with Crippen molar-refractivity contribution in [3.05, 3.63) is 59.7 Å². The molecular weight excluding hydrogens is 348 g/mol. The second-order valence-corrected chi connectivity index (χ2v) is 6.82. The van der Waals surface area contributed by atoms with E-state index in [2.05, 4.69) is 17.6 Å². The summed E-state index contributed by atoms with van der Waals surface area (Å²) in [5.74, 6) is 1.02. The van der Waals surface area contributed by atoms with E-state index in [1.807, 2.05) is 55.5 Å². The van der Waals surface area contributed by atoms with Crippen LogP contribution >= 0.6 is 12.4 Å². The molecule has 1 amide bonds. The molecule has 0 spiro atoms. The Hall–Kier alpha value is -2.04. The second kappa shape index (κ2) is 9.60. The van der Waals surface area contributed by atoms with Gasteiger partial charge < -0.3 is 15.4 Å². The molecule has 2 atom stereocenters. The number of carbonyl (C=O) groups is 1. The number of nitrogens with one attached hydrogen (secondary N) is 2. The average molecular weight is 375 g/mol. The lowest BCUT2D eigenvalue weighted by Crippen LogP contribution is -2.40. The largest absolute Gasteiger partial charge is 0.489 e. The molecule has 1 aliphatic heterocycles. The molecule has 0 bridgehead atoms. The van der Waals surface area contributed by atoms with Gasteiger partial charge in [0.05, 0.1) is 0 Å². The van der Waals surface area contributed by atoms with Crippen LogP contribution in [0.4, 0.5) is 5.69 Å². The molecule has 0 unspecified atom stereocenters. The van der Waals surface area contributed by atoms with Gasteiger partial charge in [-0.25, -0.2) is 0 Å². The van der Waals surface area contributed by atoms with Crippen LogP contribution in [0.25, 0.3) is 0 Å². The molecule has 2 aromatic rings. The first-order valence-electron chi connectivity index (χ1n) is 8.93. The molecule has 1 saturated heterocycles. The minimum absolute atomic E-state index is 0. The van der Waals surface area contributed by atoms with Gasteiger partial charge in [-0.05, 0) is 62.6 Å². The summed E-state index contributed by atoms with van der Waals surface area (Å²) in [6, 6.07) is 16.3. The number of carbonyl (C=O) groups excluding carboxylic acids is 1. The summed E-state index contributed by atoms with van der Waals surface area (Å²) in [4.78, 5) is 12.5. The van der Waals surface area contributed by atoms with Gasteiger partial charge in [0.2, 0.25) is 5.91 Å². The van der Waals surface area contributed by atoms with Gasteiger partial charge in [-0.3, -0.25) is 4.79 Å². The van der Waals surface area contributed by atoms with Crippen LogP contribution < -0.4 is 15.4 Å². The Kier molecular flexibility index (Phi) is 7.49. The summed E-state index contributed by atoms with van der Waals surface area (Å²) in [6.07, 6.45) is 1.79. The van der Waals surface area contributed by atoms with Crippen molar-refractivity contribution < 1.29 is 9.53 Å². The van der Waals surface area contributed by atoms with Gasteiger partial charge in [-0.15, -0.1) is 12.4 Å². The fourth-order valence-electron chi connectivity index (χ4n) is 3.21. The number of halogens is 1. The minimum atomic E-state index is 0. The number of aryl methyl sites for hydroxylation is 1. The smallest absolute Gasteiger partial charge is 0.227 e. The van der Waals surface area contributed by atoms with Crippen molar-refractivity contribution in [2.45, 2.75) is 39.3 Å². The molecule has 5 heteroatoms. The van der Waals surface area contributed by atoms with Gasteiger partial charge in [-0.2, -0.15) is 0 Å². The molecule has 140 valence electrons. The van der Waals surface area contributed by atoms with E-state index in [4.69, 9.17) is 4.74 Å². The van der Waals surface area contributed by atoms with E-state index in [-0.39, 0.29) is 24.2 Å². The Morgan fingerprint density at radius 3 is 2.69 bits per heavy atom. The van der Waals surface area contributed by atoms with E-state index in [9.17, 15) is 4.79 Å². The normalized spacial score (nSPS) is 19.3. The summed E-state index contributed by atoms with van der Waals surface area (Å²) < 4.78 is 5.84. The van der Waals surface area contributed by atoms with Gasteiger partial charge in [-0.1, -0.05) is 30.3 Å². The van der Waals surface area contributed by atoms with Gasteiger partial charge in [0.25, 0.3) is 0 Å². The fourth-order valence-corrected chi connectivity index (χ4v) is 3.21. The monoisotopic (exact) mass is 374 g/mol. The Bertz CT molecular complexity index is 721. The molecule has 1 aliphatic rings. The summed E-state index contributed by atoms with van der Waals surface area (Å²) in [5.41, 5.74) is 3.02. The Morgan fingerprint density at radius 2 is 2.00 bits per heavy atom. The highest BCUT2D eigenvalue weighted by Crippen LogP contribution is 2.24. The standard InChI is InChI=1S/C21H26N2O2.ClH/c1-15-12-19(25-14-17-6-4-3-5-7-17)8-9-20(15)23-21(24)18-10-11-22-16(2)13-18;/h3-9,12,16,18,22H,10-11,13-14H2,1-2H3,(H,23,24);1H/t16-,18-;/m0./s1. The highest BCUT2D eigenvalue weighted by atomic mass is 35.5. The zero-order valence-electron chi connectivity index (χ0n) is 15.3. The molecule has 0 aliphatic carbocycles. The predicted octanol–water partition coefficient (Wildman–Crippen LogP) is 4.32. The van der Waals surface area contributed by atoms with Crippen LogP contribution in [0, 0.1) is 12.8 Å². The third-order valence-corrected chi connectivity index (χ3v) is 4.70. The van der Waals surface area contributed by atoms with Crippen molar-refractivity contribution in [2.75, 3.05) is 11.9 Å². The summed E-state index contributed by atoms with van der Waals surface area (Å²) in [5, 5.41) is 6.46. The highest BCUT2D eigenvalue weighted by molar-refractivity contribution is 5.93. The summed E-state index contributed by atoms with van der Waals surface area (Å²) in [7, 11) is 0. The van der Waals surface area contributed by atoms with Crippen molar-refractivity contribution in [1.29, 1.82) is 0 Å². The molecule has 0 radical (unpaired) electrons. The van der Waals surface area contributed by atoms with E-state index in [0.29, 0.717) is 12.6 Å². The van der Waals surface area contributed by atoms with Crippen LogP contribution in [0.2, 0.25) is 0 Å². The minimum Gasteiger partial charge on any atom is -0.489 e. The Labute approximate surface area is 161 Å². The van der Waals surface area contributed by atoms with Gasteiger partial charge in [0.15, 0.2) is 0 Å². The van der Waals surface area contributed by atoms with Gasteiger partial charge in [0.1, 0.15) is 12.4 Å². The molecule has 4 nitrogen and oxygen atoms in total. The quantitative estimate of drug-likeness (QED) is 0.819. The van der Waals surface area contributed by atoms with E-state index < -0.39 is 0 Å².